The van der Waals surface area contributed by atoms with Crippen molar-refractivity contribution in [1.82, 2.24) is 20.2 Å². The number of aromatic nitrogens is 2. The Morgan fingerprint density at radius 1 is 1.33 bits per heavy atom. The van der Waals surface area contributed by atoms with Gasteiger partial charge in [0.2, 0.25) is 0 Å². The van der Waals surface area contributed by atoms with Crippen molar-refractivity contribution in [3.05, 3.63) is 54.4 Å². The maximum atomic E-state index is 13.5. The van der Waals surface area contributed by atoms with Crippen molar-refractivity contribution in [2.75, 3.05) is 13.1 Å². The summed E-state index contributed by atoms with van der Waals surface area (Å²) in [5.74, 6) is 0.455. The van der Waals surface area contributed by atoms with Gasteiger partial charge < -0.3 is 15.2 Å². The molecule has 0 fully saturated rings. The third-order valence-corrected chi connectivity index (χ3v) is 2.93. The van der Waals surface area contributed by atoms with Crippen LogP contribution in [-0.2, 0) is 13.1 Å². The molecule has 2 N–H and O–H groups in total. The van der Waals surface area contributed by atoms with Crippen molar-refractivity contribution in [2.24, 2.45) is 4.99 Å². The van der Waals surface area contributed by atoms with Gasteiger partial charge in [0.25, 0.3) is 0 Å². The normalized spacial score (nSPS) is 11.4. The first-order valence-corrected chi connectivity index (χ1v) is 7.01. The topological polar surface area (TPSA) is 54.2 Å². The molecule has 0 saturated carbocycles. The number of nitrogens with one attached hydrogen (secondary N) is 2. The van der Waals surface area contributed by atoms with Gasteiger partial charge in [0.1, 0.15) is 5.82 Å². The lowest BCUT2D eigenvalue weighted by Gasteiger charge is -2.11. The van der Waals surface area contributed by atoms with Crippen LogP contribution in [0.25, 0.3) is 0 Å². The van der Waals surface area contributed by atoms with Gasteiger partial charge >= 0.3 is 0 Å². The lowest BCUT2D eigenvalue weighted by molar-refractivity contribution is 0.609. The molecule has 0 spiro atoms. The van der Waals surface area contributed by atoms with Gasteiger partial charge in [-0.2, -0.15) is 0 Å². The second-order valence-corrected chi connectivity index (χ2v) is 4.51. The van der Waals surface area contributed by atoms with E-state index in [1.54, 1.807) is 24.7 Å². The maximum Gasteiger partial charge on any atom is 0.191 e. The molecule has 0 amide bonds. The zero-order chi connectivity index (χ0) is 14.9. The quantitative estimate of drug-likeness (QED) is 0.629. The lowest BCUT2D eigenvalue weighted by atomic mass is 10.2. The Balaban J connectivity index is 1.88. The number of rotatable bonds is 6. The predicted octanol–water partition coefficient (Wildman–Crippen LogP) is 1.78. The average Bonchev–Trinajstić information content (AvgIpc) is 2.99. The highest BCUT2D eigenvalue weighted by Gasteiger charge is 2.01. The highest BCUT2D eigenvalue weighted by Crippen LogP contribution is 2.07. The molecule has 6 heteroatoms. The minimum absolute atomic E-state index is 0.226. The largest absolute Gasteiger partial charge is 0.357 e. The monoisotopic (exact) mass is 289 g/mol. The molecular weight excluding hydrogens is 269 g/mol. The Hall–Kier alpha value is -2.37. The SMILES string of the molecule is CCNC(=NCc1ccccc1F)NCCn1ccnc1. The van der Waals surface area contributed by atoms with Crippen LogP contribution in [-0.4, -0.2) is 28.6 Å². The van der Waals surface area contributed by atoms with Crippen molar-refractivity contribution in [3.8, 4) is 0 Å². The average molecular weight is 289 g/mol. The van der Waals surface area contributed by atoms with Gasteiger partial charge in [0.05, 0.1) is 12.9 Å². The molecule has 2 rings (SSSR count). The van der Waals surface area contributed by atoms with Crippen molar-refractivity contribution in [1.29, 1.82) is 0 Å². The van der Waals surface area contributed by atoms with Crippen LogP contribution in [0.1, 0.15) is 12.5 Å². The van der Waals surface area contributed by atoms with E-state index in [2.05, 4.69) is 20.6 Å². The second-order valence-electron chi connectivity index (χ2n) is 4.51. The van der Waals surface area contributed by atoms with Crippen LogP contribution in [0, 0.1) is 5.82 Å². The summed E-state index contributed by atoms with van der Waals surface area (Å²) in [6.45, 7) is 4.58. The fourth-order valence-corrected chi connectivity index (χ4v) is 1.86. The Labute approximate surface area is 123 Å². The highest BCUT2D eigenvalue weighted by atomic mass is 19.1. The predicted molar refractivity (Wildman–Crippen MR) is 81.4 cm³/mol. The maximum absolute atomic E-state index is 13.5. The molecule has 0 unspecified atom stereocenters. The summed E-state index contributed by atoms with van der Waals surface area (Å²) >= 11 is 0. The van der Waals surface area contributed by atoms with Crippen LogP contribution in [0.3, 0.4) is 0 Å². The fraction of sp³-hybridized carbons (Fsp3) is 0.333. The first-order chi connectivity index (χ1) is 10.3. The van der Waals surface area contributed by atoms with Gasteiger partial charge in [0, 0.05) is 37.6 Å². The molecule has 5 nitrogen and oxygen atoms in total. The van der Waals surface area contributed by atoms with Gasteiger partial charge in [-0.3, -0.25) is 0 Å². The molecule has 1 aromatic carbocycles. The third-order valence-electron chi connectivity index (χ3n) is 2.93. The van der Waals surface area contributed by atoms with Gasteiger partial charge in [-0.05, 0) is 13.0 Å². The van der Waals surface area contributed by atoms with Gasteiger partial charge in [-0.25, -0.2) is 14.4 Å². The molecule has 0 aliphatic rings. The molecule has 0 aliphatic carbocycles. The summed E-state index contributed by atoms with van der Waals surface area (Å²) in [5.41, 5.74) is 0.587. The van der Waals surface area contributed by atoms with Gasteiger partial charge in [0.15, 0.2) is 5.96 Å². The van der Waals surface area contributed by atoms with Crippen molar-refractivity contribution < 1.29 is 4.39 Å². The van der Waals surface area contributed by atoms with Crippen molar-refractivity contribution in [3.63, 3.8) is 0 Å². The van der Waals surface area contributed by atoms with Crippen molar-refractivity contribution >= 4 is 5.96 Å². The van der Waals surface area contributed by atoms with Crippen LogP contribution < -0.4 is 10.6 Å². The number of halogens is 1. The van der Waals surface area contributed by atoms with Crippen molar-refractivity contribution in [2.45, 2.75) is 20.0 Å². The summed E-state index contributed by atoms with van der Waals surface area (Å²) in [5, 5.41) is 6.36. The Morgan fingerprint density at radius 2 is 2.19 bits per heavy atom. The molecule has 0 radical (unpaired) electrons. The zero-order valence-corrected chi connectivity index (χ0v) is 12.1. The lowest BCUT2D eigenvalue weighted by Crippen LogP contribution is -2.38. The minimum atomic E-state index is -0.226. The van der Waals surface area contributed by atoms with Gasteiger partial charge in [-0.1, -0.05) is 18.2 Å². The highest BCUT2D eigenvalue weighted by molar-refractivity contribution is 5.79. The molecule has 0 bridgehead atoms. The molecule has 0 atom stereocenters. The van der Waals surface area contributed by atoms with E-state index >= 15 is 0 Å². The summed E-state index contributed by atoms with van der Waals surface area (Å²) in [6, 6.07) is 6.68. The Morgan fingerprint density at radius 3 is 2.90 bits per heavy atom. The van der Waals surface area contributed by atoms with E-state index < -0.39 is 0 Å². The molecule has 0 saturated heterocycles. The number of aliphatic imine (C=N–C) groups is 1. The molecule has 1 heterocycles. The number of hydrogen-bond acceptors (Lipinski definition) is 2. The van der Waals surface area contributed by atoms with Crippen LogP contribution in [0.5, 0.6) is 0 Å². The van der Waals surface area contributed by atoms with E-state index in [-0.39, 0.29) is 5.82 Å². The zero-order valence-electron chi connectivity index (χ0n) is 12.1. The molecule has 0 aliphatic heterocycles. The van der Waals surface area contributed by atoms with E-state index in [4.69, 9.17) is 0 Å². The Kier molecular flexibility index (Phi) is 5.75. The Bertz CT molecular complexity index is 565. The first kappa shape index (κ1) is 15.0. The van der Waals surface area contributed by atoms with E-state index in [1.165, 1.54) is 6.07 Å². The number of benzene rings is 1. The molecular formula is C15H20FN5. The summed E-state index contributed by atoms with van der Waals surface area (Å²) in [7, 11) is 0. The van der Waals surface area contributed by atoms with E-state index in [9.17, 15) is 4.39 Å². The minimum Gasteiger partial charge on any atom is -0.357 e. The van der Waals surface area contributed by atoms with Crippen LogP contribution in [0.2, 0.25) is 0 Å². The molecule has 1 aromatic heterocycles. The first-order valence-electron chi connectivity index (χ1n) is 7.01. The summed E-state index contributed by atoms with van der Waals surface area (Å²) in [6.07, 6.45) is 5.42. The number of nitrogens with zero attached hydrogens (tertiary/aromatic N) is 3. The smallest absolute Gasteiger partial charge is 0.191 e. The molecule has 112 valence electrons. The summed E-state index contributed by atoms with van der Waals surface area (Å²) < 4.78 is 15.5. The number of guanidine groups is 1. The van der Waals surface area contributed by atoms with Crippen LogP contribution in [0.15, 0.2) is 48.0 Å². The standard InChI is InChI=1S/C15H20FN5/c1-2-18-15(19-8-10-21-9-7-17-12-21)20-11-13-5-3-4-6-14(13)16/h3-7,9,12H,2,8,10-11H2,1H3,(H2,18,19,20). The fourth-order valence-electron chi connectivity index (χ4n) is 1.86. The second kappa shape index (κ2) is 8.04. The van der Waals surface area contributed by atoms with E-state index in [0.717, 1.165) is 19.6 Å². The number of imidazole rings is 1. The van der Waals surface area contributed by atoms with Crippen LogP contribution >= 0.6 is 0 Å². The number of hydrogen-bond donors (Lipinski definition) is 2. The third kappa shape index (κ3) is 4.91. The summed E-state index contributed by atoms with van der Waals surface area (Å²) in [4.78, 5) is 8.38. The van der Waals surface area contributed by atoms with Gasteiger partial charge in [-0.15, -0.1) is 0 Å². The molecule has 21 heavy (non-hydrogen) atoms. The molecule has 2 aromatic rings. The van der Waals surface area contributed by atoms with E-state index in [1.807, 2.05) is 23.8 Å². The van der Waals surface area contributed by atoms with E-state index in [0.29, 0.717) is 18.1 Å². The van der Waals surface area contributed by atoms with Crippen LogP contribution in [0.4, 0.5) is 4.39 Å².